The van der Waals surface area contributed by atoms with Gasteiger partial charge in [-0.05, 0) is 103 Å². The van der Waals surface area contributed by atoms with Crippen LogP contribution in [0.2, 0.25) is 0 Å². The van der Waals surface area contributed by atoms with Crippen molar-refractivity contribution in [3.8, 4) is 0 Å². The third kappa shape index (κ3) is 3.53. The van der Waals surface area contributed by atoms with E-state index < -0.39 is 0 Å². The van der Waals surface area contributed by atoms with Crippen molar-refractivity contribution < 1.29 is 9.84 Å². The number of likely N-dealkylation sites (tertiary alicyclic amines) is 1. The first-order valence-electron chi connectivity index (χ1n) is 10.8. The van der Waals surface area contributed by atoms with Crippen LogP contribution >= 0.6 is 0 Å². The summed E-state index contributed by atoms with van der Waals surface area (Å²) in [7, 11) is 0. The second kappa shape index (κ2) is 6.21. The maximum atomic E-state index is 10.8. The predicted molar refractivity (Wildman–Crippen MR) is 102 cm³/mol. The molecule has 0 aromatic carbocycles. The molecule has 1 saturated heterocycles. The maximum Gasteiger partial charge on any atom is 0.0900 e. The SMILES string of the molecule is CC1(C)CCCC(C)(C)N1CC(O)COC12CC3CC(CC(C3)C1)C2. The number of aliphatic hydroxyl groups is 1. The Labute approximate surface area is 154 Å². The van der Waals surface area contributed by atoms with E-state index in [1.54, 1.807) is 0 Å². The average Bonchev–Trinajstić information content (AvgIpc) is 2.47. The summed E-state index contributed by atoms with van der Waals surface area (Å²) in [4.78, 5) is 2.54. The topological polar surface area (TPSA) is 32.7 Å². The van der Waals surface area contributed by atoms with Gasteiger partial charge in [0.05, 0.1) is 18.3 Å². The van der Waals surface area contributed by atoms with Crippen LogP contribution in [-0.2, 0) is 4.74 Å². The van der Waals surface area contributed by atoms with Gasteiger partial charge in [0.1, 0.15) is 0 Å². The lowest BCUT2D eigenvalue weighted by molar-refractivity contribution is -0.179. The Morgan fingerprint density at radius 1 is 0.920 bits per heavy atom. The van der Waals surface area contributed by atoms with Crippen molar-refractivity contribution in [2.45, 2.75) is 108 Å². The molecule has 1 aliphatic heterocycles. The zero-order valence-corrected chi connectivity index (χ0v) is 16.9. The second-order valence-corrected chi connectivity index (χ2v) is 11.2. The second-order valence-electron chi connectivity index (χ2n) is 11.2. The van der Waals surface area contributed by atoms with Crippen LogP contribution in [0.5, 0.6) is 0 Å². The maximum absolute atomic E-state index is 10.8. The van der Waals surface area contributed by atoms with Crippen molar-refractivity contribution in [2.75, 3.05) is 13.2 Å². The zero-order valence-electron chi connectivity index (χ0n) is 16.9. The first kappa shape index (κ1) is 18.3. The lowest BCUT2D eigenvalue weighted by Gasteiger charge is -2.56. The lowest BCUT2D eigenvalue weighted by atomic mass is 9.54. The molecule has 1 heterocycles. The molecule has 144 valence electrons. The number of rotatable bonds is 5. The fourth-order valence-corrected chi connectivity index (χ4v) is 7.28. The molecule has 1 atom stereocenters. The van der Waals surface area contributed by atoms with Crippen LogP contribution in [-0.4, -0.2) is 45.9 Å². The Balaban J connectivity index is 1.35. The highest BCUT2D eigenvalue weighted by Gasteiger charge is 2.52. The van der Waals surface area contributed by atoms with Gasteiger partial charge in [-0.2, -0.15) is 0 Å². The fraction of sp³-hybridized carbons (Fsp3) is 1.00. The van der Waals surface area contributed by atoms with Crippen molar-refractivity contribution in [1.82, 2.24) is 4.90 Å². The Morgan fingerprint density at radius 3 is 1.88 bits per heavy atom. The minimum Gasteiger partial charge on any atom is -0.389 e. The van der Waals surface area contributed by atoms with Crippen molar-refractivity contribution >= 4 is 0 Å². The van der Waals surface area contributed by atoms with E-state index in [1.165, 1.54) is 57.8 Å². The quantitative estimate of drug-likeness (QED) is 0.800. The van der Waals surface area contributed by atoms with Gasteiger partial charge in [0.2, 0.25) is 0 Å². The van der Waals surface area contributed by atoms with E-state index in [4.69, 9.17) is 4.74 Å². The third-order valence-corrected chi connectivity index (χ3v) is 8.00. The molecule has 4 saturated carbocycles. The Hall–Kier alpha value is -0.120. The lowest BCUT2D eigenvalue weighted by Crippen LogP contribution is -2.61. The van der Waals surface area contributed by atoms with Crippen molar-refractivity contribution in [3.63, 3.8) is 0 Å². The molecule has 4 bridgehead atoms. The number of ether oxygens (including phenoxy) is 1. The molecule has 0 aromatic heterocycles. The van der Waals surface area contributed by atoms with Gasteiger partial charge in [-0.25, -0.2) is 0 Å². The number of β-amino-alcohol motifs (C(OH)–C–C–N with tert-alkyl or cyclic N) is 1. The van der Waals surface area contributed by atoms with Gasteiger partial charge in [-0.15, -0.1) is 0 Å². The Morgan fingerprint density at radius 2 is 1.40 bits per heavy atom. The Kier molecular flexibility index (Phi) is 4.53. The summed E-state index contributed by atoms with van der Waals surface area (Å²) in [6, 6.07) is 0. The van der Waals surface area contributed by atoms with Crippen LogP contribution in [0.15, 0.2) is 0 Å². The molecule has 5 aliphatic rings. The van der Waals surface area contributed by atoms with Crippen LogP contribution in [0.1, 0.15) is 85.5 Å². The van der Waals surface area contributed by atoms with E-state index >= 15 is 0 Å². The molecular weight excluding hydrogens is 310 g/mol. The van der Waals surface area contributed by atoms with E-state index in [0.29, 0.717) is 6.61 Å². The van der Waals surface area contributed by atoms with E-state index in [9.17, 15) is 5.11 Å². The summed E-state index contributed by atoms with van der Waals surface area (Å²) >= 11 is 0. The van der Waals surface area contributed by atoms with Gasteiger partial charge in [-0.1, -0.05) is 0 Å². The largest absolute Gasteiger partial charge is 0.389 e. The molecule has 0 radical (unpaired) electrons. The molecule has 3 heteroatoms. The summed E-state index contributed by atoms with van der Waals surface area (Å²) in [6.45, 7) is 10.6. The van der Waals surface area contributed by atoms with Crippen LogP contribution < -0.4 is 0 Å². The fourth-order valence-electron chi connectivity index (χ4n) is 7.28. The van der Waals surface area contributed by atoms with Crippen molar-refractivity contribution in [1.29, 1.82) is 0 Å². The molecule has 1 unspecified atom stereocenters. The summed E-state index contributed by atoms with van der Waals surface area (Å²) in [5.74, 6) is 2.72. The Bertz CT molecular complexity index is 447. The van der Waals surface area contributed by atoms with E-state index in [1.807, 2.05) is 0 Å². The number of aliphatic hydroxyl groups excluding tert-OH is 1. The van der Waals surface area contributed by atoms with E-state index in [2.05, 4.69) is 32.6 Å². The molecule has 5 fully saturated rings. The molecule has 25 heavy (non-hydrogen) atoms. The summed E-state index contributed by atoms with van der Waals surface area (Å²) in [5.41, 5.74) is 0.454. The number of piperidine rings is 1. The van der Waals surface area contributed by atoms with Gasteiger partial charge in [0.25, 0.3) is 0 Å². The van der Waals surface area contributed by atoms with E-state index in [0.717, 1.165) is 24.3 Å². The van der Waals surface area contributed by atoms with Crippen molar-refractivity contribution in [2.24, 2.45) is 17.8 Å². The molecule has 4 aliphatic carbocycles. The summed E-state index contributed by atoms with van der Waals surface area (Å²) in [6.07, 6.45) is 11.5. The molecule has 1 N–H and O–H groups in total. The summed E-state index contributed by atoms with van der Waals surface area (Å²) < 4.78 is 6.51. The molecular formula is C22H39NO2. The molecule has 5 rings (SSSR count). The smallest absolute Gasteiger partial charge is 0.0900 e. The first-order valence-corrected chi connectivity index (χ1v) is 10.8. The van der Waals surface area contributed by atoms with Gasteiger partial charge in [-0.3, -0.25) is 4.90 Å². The van der Waals surface area contributed by atoms with E-state index in [-0.39, 0.29) is 22.8 Å². The van der Waals surface area contributed by atoms with Crippen LogP contribution in [0.4, 0.5) is 0 Å². The molecule has 0 aromatic rings. The normalized spacial score (nSPS) is 43.3. The van der Waals surface area contributed by atoms with Crippen molar-refractivity contribution in [3.05, 3.63) is 0 Å². The van der Waals surface area contributed by atoms with Gasteiger partial charge < -0.3 is 9.84 Å². The standard InChI is InChI=1S/C22H39NO2/c1-20(2)6-5-7-21(3,4)23(20)14-19(24)15-25-22-11-16-8-17(12-22)10-18(9-16)13-22/h16-19,24H,5-15H2,1-4H3. The monoisotopic (exact) mass is 349 g/mol. The average molecular weight is 350 g/mol. The minimum atomic E-state index is -0.371. The zero-order chi connectivity index (χ0) is 17.9. The molecule has 0 spiro atoms. The van der Waals surface area contributed by atoms with Gasteiger partial charge >= 0.3 is 0 Å². The first-order chi connectivity index (χ1) is 11.7. The highest BCUT2D eigenvalue weighted by atomic mass is 16.5. The summed E-state index contributed by atoms with van der Waals surface area (Å²) in [5, 5.41) is 10.8. The number of nitrogens with zero attached hydrogens (tertiary/aromatic N) is 1. The molecule has 0 amide bonds. The number of hydrogen-bond donors (Lipinski definition) is 1. The third-order valence-electron chi connectivity index (χ3n) is 8.00. The van der Waals surface area contributed by atoms with Crippen LogP contribution in [0.25, 0.3) is 0 Å². The highest BCUT2D eigenvalue weighted by Crippen LogP contribution is 2.57. The number of hydrogen-bond acceptors (Lipinski definition) is 3. The predicted octanol–water partition coefficient (Wildman–Crippen LogP) is 4.38. The molecule has 3 nitrogen and oxygen atoms in total. The van der Waals surface area contributed by atoms with Gasteiger partial charge in [0.15, 0.2) is 0 Å². The van der Waals surface area contributed by atoms with Crippen LogP contribution in [0.3, 0.4) is 0 Å². The highest BCUT2D eigenvalue weighted by molar-refractivity contribution is 5.03. The van der Waals surface area contributed by atoms with Gasteiger partial charge in [0, 0.05) is 17.6 Å². The minimum absolute atomic E-state index is 0.114. The van der Waals surface area contributed by atoms with Crippen LogP contribution in [0, 0.1) is 17.8 Å².